The van der Waals surface area contributed by atoms with Crippen molar-refractivity contribution in [3.05, 3.63) is 54.9 Å². The van der Waals surface area contributed by atoms with Gasteiger partial charge in [0.25, 0.3) is 0 Å². The number of rotatable bonds is 5. The Balaban J connectivity index is 1.30. The molecule has 3 aromatic rings. The van der Waals surface area contributed by atoms with E-state index in [1.165, 1.54) is 12.7 Å². The number of methoxy groups -OCH3 is 1. The molecule has 1 saturated heterocycles. The number of piperazine rings is 1. The summed E-state index contributed by atoms with van der Waals surface area (Å²) in [7, 11) is 1.63. The number of anilines is 1. The molecule has 0 aliphatic carbocycles. The van der Waals surface area contributed by atoms with Crippen LogP contribution >= 0.6 is 0 Å². The van der Waals surface area contributed by atoms with E-state index in [9.17, 15) is 4.79 Å². The van der Waals surface area contributed by atoms with E-state index in [0.717, 1.165) is 17.1 Å². The quantitative estimate of drug-likeness (QED) is 0.691. The number of amides is 2. The summed E-state index contributed by atoms with van der Waals surface area (Å²) < 4.78 is 6.74. The average Bonchev–Trinajstić information content (AvgIpc) is 3.33. The monoisotopic (exact) mass is 394 g/mol. The maximum Gasteiger partial charge on any atom is 0.317 e. The third-order valence-corrected chi connectivity index (χ3v) is 4.79. The van der Waals surface area contributed by atoms with Gasteiger partial charge in [0, 0.05) is 38.8 Å². The molecule has 10 nitrogen and oxygen atoms in total. The van der Waals surface area contributed by atoms with Crippen molar-refractivity contribution in [2.75, 3.05) is 38.2 Å². The minimum absolute atomic E-state index is 0.0635. The van der Waals surface area contributed by atoms with E-state index in [-0.39, 0.29) is 6.03 Å². The first kappa shape index (κ1) is 18.7. The first-order valence-corrected chi connectivity index (χ1v) is 9.30. The highest BCUT2D eigenvalue weighted by Gasteiger charge is 2.22. The van der Waals surface area contributed by atoms with E-state index in [4.69, 9.17) is 4.74 Å². The maximum atomic E-state index is 12.5. The molecule has 2 amide bonds. The molecule has 0 saturated carbocycles. The largest absolute Gasteiger partial charge is 0.497 e. The van der Waals surface area contributed by atoms with Crippen LogP contribution in [0.1, 0.15) is 5.56 Å². The second-order valence-electron chi connectivity index (χ2n) is 6.56. The van der Waals surface area contributed by atoms with Crippen LogP contribution in [0.4, 0.5) is 10.6 Å². The molecule has 2 aromatic heterocycles. The van der Waals surface area contributed by atoms with Crippen molar-refractivity contribution < 1.29 is 9.53 Å². The Hall–Kier alpha value is -3.69. The predicted octanol–water partition coefficient (Wildman–Crippen LogP) is 1.10. The lowest BCUT2D eigenvalue weighted by Gasteiger charge is -2.35. The smallest absolute Gasteiger partial charge is 0.317 e. The van der Waals surface area contributed by atoms with Gasteiger partial charge in [0.15, 0.2) is 5.82 Å². The molecule has 0 atom stereocenters. The van der Waals surface area contributed by atoms with E-state index < -0.39 is 0 Å². The van der Waals surface area contributed by atoms with Gasteiger partial charge in [-0.2, -0.15) is 5.10 Å². The lowest BCUT2D eigenvalue weighted by molar-refractivity contribution is 0.194. The number of carbonyl (C=O) groups excluding carboxylic acids is 1. The Bertz CT molecular complexity index is 937. The Morgan fingerprint density at radius 2 is 1.83 bits per heavy atom. The highest BCUT2D eigenvalue weighted by molar-refractivity contribution is 5.74. The average molecular weight is 394 g/mol. The maximum absolute atomic E-state index is 12.5. The fourth-order valence-electron chi connectivity index (χ4n) is 3.13. The molecular weight excluding hydrogens is 372 g/mol. The number of hydrogen-bond donors (Lipinski definition) is 1. The standard InChI is InChI=1S/C19H22N8O2/c1-29-16-4-2-15(3-5-16)11-21-19(28)26-8-6-25(7-9-26)17-10-18(23-13-22-17)27-14-20-12-24-27/h2-5,10,12-14H,6-9,11H2,1H3,(H,21,28). The summed E-state index contributed by atoms with van der Waals surface area (Å²) in [6.45, 7) is 3.12. The van der Waals surface area contributed by atoms with Gasteiger partial charge >= 0.3 is 6.03 Å². The molecule has 0 radical (unpaired) electrons. The van der Waals surface area contributed by atoms with Crippen molar-refractivity contribution in [1.29, 1.82) is 0 Å². The fraction of sp³-hybridized carbons (Fsp3) is 0.316. The number of urea groups is 1. The molecule has 3 heterocycles. The fourth-order valence-corrected chi connectivity index (χ4v) is 3.13. The summed E-state index contributed by atoms with van der Waals surface area (Å²) >= 11 is 0. The number of benzene rings is 1. The van der Waals surface area contributed by atoms with Crippen molar-refractivity contribution >= 4 is 11.8 Å². The molecule has 1 N–H and O–H groups in total. The van der Waals surface area contributed by atoms with E-state index >= 15 is 0 Å². The van der Waals surface area contributed by atoms with E-state index in [0.29, 0.717) is 38.5 Å². The van der Waals surface area contributed by atoms with Crippen molar-refractivity contribution in [2.24, 2.45) is 0 Å². The van der Waals surface area contributed by atoms with E-state index in [1.807, 2.05) is 35.2 Å². The zero-order valence-corrected chi connectivity index (χ0v) is 16.1. The van der Waals surface area contributed by atoms with Gasteiger partial charge in [0.1, 0.15) is 30.5 Å². The molecule has 150 valence electrons. The molecule has 0 unspecified atom stereocenters. The molecule has 1 aliphatic rings. The van der Waals surface area contributed by atoms with Crippen LogP contribution in [0.2, 0.25) is 0 Å². The Labute approximate surface area is 168 Å². The summed E-state index contributed by atoms with van der Waals surface area (Å²) in [6.07, 6.45) is 4.57. The van der Waals surface area contributed by atoms with Gasteiger partial charge in [-0.1, -0.05) is 12.1 Å². The summed E-state index contributed by atoms with van der Waals surface area (Å²) in [5.41, 5.74) is 1.03. The first-order chi connectivity index (χ1) is 14.2. The number of ether oxygens (including phenoxy) is 1. The number of nitrogens with one attached hydrogen (secondary N) is 1. The van der Waals surface area contributed by atoms with Crippen LogP contribution in [0.15, 0.2) is 49.3 Å². The van der Waals surface area contributed by atoms with Crippen LogP contribution in [0.5, 0.6) is 5.75 Å². The van der Waals surface area contributed by atoms with Gasteiger partial charge in [0.2, 0.25) is 0 Å². The topological polar surface area (TPSA) is 101 Å². The van der Waals surface area contributed by atoms with E-state index in [1.54, 1.807) is 18.1 Å². The van der Waals surface area contributed by atoms with Crippen molar-refractivity contribution in [3.8, 4) is 11.6 Å². The summed E-state index contributed by atoms with van der Waals surface area (Å²) in [5, 5.41) is 7.06. The van der Waals surface area contributed by atoms with E-state index in [2.05, 4.69) is 30.3 Å². The number of hydrogen-bond acceptors (Lipinski definition) is 7. The van der Waals surface area contributed by atoms with Gasteiger partial charge in [-0.3, -0.25) is 0 Å². The Morgan fingerprint density at radius 3 is 2.52 bits per heavy atom. The lowest BCUT2D eigenvalue weighted by Crippen LogP contribution is -2.51. The second-order valence-corrected chi connectivity index (χ2v) is 6.56. The van der Waals surface area contributed by atoms with Gasteiger partial charge in [-0.25, -0.2) is 24.4 Å². The molecular formula is C19H22N8O2. The highest BCUT2D eigenvalue weighted by Crippen LogP contribution is 2.16. The normalized spacial score (nSPS) is 14.0. The SMILES string of the molecule is COc1ccc(CNC(=O)N2CCN(c3cc(-n4cncn4)ncn3)CC2)cc1. The summed E-state index contributed by atoms with van der Waals surface area (Å²) in [4.78, 5) is 28.9. The minimum Gasteiger partial charge on any atom is -0.497 e. The minimum atomic E-state index is -0.0635. The number of carbonyl (C=O) groups is 1. The first-order valence-electron chi connectivity index (χ1n) is 9.30. The van der Waals surface area contributed by atoms with Crippen LogP contribution in [0.25, 0.3) is 5.82 Å². The number of aromatic nitrogens is 5. The van der Waals surface area contributed by atoms with Crippen LogP contribution in [-0.2, 0) is 6.54 Å². The van der Waals surface area contributed by atoms with Gasteiger partial charge in [-0.15, -0.1) is 0 Å². The zero-order chi connectivity index (χ0) is 20.1. The van der Waals surface area contributed by atoms with Crippen LogP contribution in [0.3, 0.4) is 0 Å². The van der Waals surface area contributed by atoms with Gasteiger partial charge in [0.05, 0.1) is 7.11 Å². The van der Waals surface area contributed by atoms with Gasteiger partial charge < -0.3 is 19.9 Å². The third-order valence-electron chi connectivity index (χ3n) is 4.79. The molecule has 0 spiro atoms. The summed E-state index contributed by atoms with van der Waals surface area (Å²) in [6, 6.07) is 9.46. The molecule has 4 rings (SSSR count). The highest BCUT2D eigenvalue weighted by atomic mass is 16.5. The van der Waals surface area contributed by atoms with Crippen molar-refractivity contribution in [1.82, 2.24) is 34.9 Å². The second kappa shape index (κ2) is 8.55. The summed E-state index contributed by atoms with van der Waals surface area (Å²) in [5.74, 6) is 2.27. The lowest BCUT2D eigenvalue weighted by atomic mass is 10.2. The predicted molar refractivity (Wildman–Crippen MR) is 106 cm³/mol. The Kier molecular flexibility index (Phi) is 5.50. The number of nitrogens with zero attached hydrogens (tertiary/aromatic N) is 7. The third kappa shape index (κ3) is 4.42. The van der Waals surface area contributed by atoms with Crippen molar-refractivity contribution in [2.45, 2.75) is 6.54 Å². The molecule has 1 aliphatic heterocycles. The zero-order valence-electron chi connectivity index (χ0n) is 16.1. The van der Waals surface area contributed by atoms with Crippen LogP contribution in [0, 0.1) is 0 Å². The molecule has 29 heavy (non-hydrogen) atoms. The van der Waals surface area contributed by atoms with Crippen molar-refractivity contribution in [3.63, 3.8) is 0 Å². The van der Waals surface area contributed by atoms with Crippen LogP contribution in [-0.4, -0.2) is 69.0 Å². The molecule has 1 fully saturated rings. The van der Waals surface area contributed by atoms with Crippen LogP contribution < -0.4 is 15.0 Å². The van der Waals surface area contributed by atoms with Gasteiger partial charge in [-0.05, 0) is 17.7 Å². The molecule has 10 heteroatoms. The Morgan fingerprint density at radius 1 is 1.07 bits per heavy atom. The molecule has 0 bridgehead atoms. The molecule has 1 aromatic carbocycles.